The van der Waals surface area contributed by atoms with Gasteiger partial charge < -0.3 is 5.73 Å². The zero-order valence-corrected chi connectivity index (χ0v) is 11.7. The van der Waals surface area contributed by atoms with E-state index in [1.807, 2.05) is 0 Å². The van der Waals surface area contributed by atoms with Gasteiger partial charge in [-0.2, -0.15) is 0 Å². The standard InChI is InChI=1S/C13H10Cl2N4O/c14-7-1-2-9(10(15)3-7)11-5-12-17-8(6-16)4-13(20)19(12)18-11/h1-5,18H,6,16H2. The Balaban J connectivity index is 2.23. The summed E-state index contributed by atoms with van der Waals surface area (Å²) in [4.78, 5) is 16.2. The quantitative estimate of drug-likeness (QED) is 0.763. The molecule has 3 rings (SSSR count). The van der Waals surface area contributed by atoms with Crippen molar-refractivity contribution in [3.05, 3.63) is 56.4 Å². The maximum Gasteiger partial charge on any atom is 0.272 e. The molecule has 0 aliphatic carbocycles. The van der Waals surface area contributed by atoms with E-state index in [2.05, 4.69) is 10.1 Å². The van der Waals surface area contributed by atoms with Crippen LogP contribution < -0.4 is 11.3 Å². The average Bonchev–Trinajstić information content (AvgIpc) is 2.82. The second-order valence-electron chi connectivity index (χ2n) is 4.28. The number of nitrogens with one attached hydrogen (secondary N) is 1. The van der Waals surface area contributed by atoms with E-state index >= 15 is 0 Å². The van der Waals surface area contributed by atoms with Gasteiger partial charge in [0.2, 0.25) is 0 Å². The van der Waals surface area contributed by atoms with Crippen molar-refractivity contribution in [3.8, 4) is 11.3 Å². The predicted molar refractivity (Wildman–Crippen MR) is 79.2 cm³/mol. The molecule has 0 amide bonds. The largest absolute Gasteiger partial charge is 0.325 e. The van der Waals surface area contributed by atoms with Gasteiger partial charge in [-0.1, -0.05) is 23.2 Å². The zero-order chi connectivity index (χ0) is 14.3. The fourth-order valence-corrected chi connectivity index (χ4v) is 2.50. The van der Waals surface area contributed by atoms with Crippen LogP contribution in [0.25, 0.3) is 16.9 Å². The van der Waals surface area contributed by atoms with Crippen LogP contribution in [0.15, 0.2) is 35.1 Å². The van der Waals surface area contributed by atoms with Crippen molar-refractivity contribution in [1.82, 2.24) is 14.6 Å². The fraction of sp³-hybridized carbons (Fsp3) is 0.0769. The number of aromatic nitrogens is 3. The summed E-state index contributed by atoms with van der Waals surface area (Å²) < 4.78 is 1.35. The van der Waals surface area contributed by atoms with E-state index in [0.717, 1.165) is 5.56 Å². The molecule has 0 aliphatic heterocycles. The topological polar surface area (TPSA) is 76.2 Å². The van der Waals surface area contributed by atoms with E-state index in [4.69, 9.17) is 28.9 Å². The highest BCUT2D eigenvalue weighted by atomic mass is 35.5. The Morgan fingerprint density at radius 1 is 1.25 bits per heavy atom. The molecule has 102 valence electrons. The van der Waals surface area contributed by atoms with Crippen LogP contribution in [0.2, 0.25) is 10.0 Å². The Labute approximate surface area is 123 Å². The number of hydrogen-bond acceptors (Lipinski definition) is 3. The fourth-order valence-electron chi connectivity index (χ4n) is 1.99. The normalized spacial score (nSPS) is 11.2. The lowest BCUT2D eigenvalue weighted by atomic mass is 10.1. The number of aromatic amines is 1. The van der Waals surface area contributed by atoms with Crippen LogP contribution in [0.5, 0.6) is 0 Å². The second-order valence-corrected chi connectivity index (χ2v) is 5.12. The molecular formula is C13H10Cl2N4O. The number of nitrogens with zero attached hydrogens (tertiary/aromatic N) is 2. The van der Waals surface area contributed by atoms with Crippen LogP contribution in [0.4, 0.5) is 0 Å². The lowest BCUT2D eigenvalue weighted by molar-refractivity contribution is 0.872. The number of hydrogen-bond donors (Lipinski definition) is 2. The Morgan fingerprint density at radius 3 is 2.75 bits per heavy atom. The SMILES string of the molecule is NCc1cc(=O)n2[nH]c(-c3ccc(Cl)cc3Cl)cc2n1. The number of benzene rings is 1. The molecule has 0 fully saturated rings. The molecule has 1 aromatic carbocycles. The first-order chi connectivity index (χ1) is 9.58. The number of rotatable bonds is 2. The summed E-state index contributed by atoms with van der Waals surface area (Å²) in [6.07, 6.45) is 0. The third kappa shape index (κ3) is 2.20. The Kier molecular flexibility index (Phi) is 3.25. The van der Waals surface area contributed by atoms with Gasteiger partial charge in [0.15, 0.2) is 5.65 Å². The van der Waals surface area contributed by atoms with Crippen molar-refractivity contribution in [2.45, 2.75) is 6.54 Å². The van der Waals surface area contributed by atoms with Gasteiger partial charge in [-0.25, -0.2) is 9.50 Å². The molecule has 3 aromatic rings. The van der Waals surface area contributed by atoms with E-state index in [-0.39, 0.29) is 12.1 Å². The minimum atomic E-state index is -0.216. The van der Waals surface area contributed by atoms with Crippen LogP contribution in [0, 0.1) is 0 Å². The first-order valence-electron chi connectivity index (χ1n) is 5.85. The van der Waals surface area contributed by atoms with E-state index in [1.54, 1.807) is 24.3 Å². The summed E-state index contributed by atoms with van der Waals surface area (Å²) >= 11 is 12.0. The van der Waals surface area contributed by atoms with Crippen LogP contribution in [-0.4, -0.2) is 14.6 Å². The van der Waals surface area contributed by atoms with Crippen LogP contribution in [0.3, 0.4) is 0 Å². The van der Waals surface area contributed by atoms with Gasteiger partial charge in [-0.15, -0.1) is 0 Å². The Bertz CT molecular complexity index is 853. The number of fused-ring (bicyclic) bond motifs is 1. The summed E-state index contributed by atoms with van der Waals surface area (Å²) in [6, 6.07) is 8.30. The van der Waals surface area contributed by atoms with Gasteiger partial charge in [-0.05, 0) is 18.2 Å². The Morgan fingerprint density at radius 2 is 2.05 bits per heavy atom. The highest BCUT2D eigenvalue weighted by molar-refractivity contribution is 6.36. The van der Waals surface area contributed by atoms with E-state index < -0.39 is 0 Å². The molecule has 0 bridgehead atoms. The maximum absolute atomic E-state index is 11.9. The summed E-state index contributed by atoms with van der Waals surface area (Å²) in [5.74, 6) is 0. The monoisotopic (exact) mass is 308 g/mol. The molecule has 20 heavy (non-hydrogen) atoms. The highest BCUT2D eigenvalue weighted by Gasteiger charge is 2.10. The summed E-state index contributed by atoms with van der Waals surface area (Å²) in [7, 11) is 0. The van der Waals surface area contributed by atoms with E-state index in [1.165, 1.54) is 10.6 Å². The molecule has 2 aromatic heterocycles. The van der Waals surface area contributed by atoms with Gasteiger partial charge in [0.25, 0.3) is 5.56 Å². The van der Waals surface area contributed by atoms with Gasteiger partial charge in [0.1, 0.15) is 0 Å². The van der Waals surface area contributed by atoms with Crippen LogP contribution in [0.1, 0.15) is 5.69 Å². The highest BCUT2D eigenvalue weighted by Crippen LogP contribution is 2.29. The molecule has 5 nitrogen and oxygen atoms in total. The molecule has 0 spiro atoms. The van der Waals surface area contributed by atoms with Crippen molar-refractivity contribution >= 4 is 28.8 Å². The molecule has 7 heteroatoms. The maximum atomic E-state index is 11.9. The van der Waals surface area contributed by atoms with Crippen LogP contribution >= 0.6 is 23.2 Å². The first-order valence-corrected chi connectivity index (χ1v) is 6.61. The molecule has 0 radical (unpaired) electrons. The lowest BCUT2D eigenvalue weighted by Gasteiger charge is -2.01. The van der Waals surface area contributed by atoms with E-state index in [9.17, 15) is 4.79 Å². The molecule has 0 atom stereocenters. The smallest absolute Gasteiger partial charge is 0.272 e. The van der Waals surface area contributed by atoms with Crippen LogP contribution in [-0.2, 0) is 6.54 Å². The molecule has 0 saturated heterocycles. The molecular weight excluding hydrogens is 299 g/mol. The van der Waals surface area contributed by atoms with Crippen molar-refractivity contribution in [2.24, 2.45) is 5.73 Å². The molecule has 0 aliphatic rings. The predicted octanol–water partition coefficient (Wildman–Crippen LogP) is 2.46. The molecule has 0 saturated carbocycles. The zero-order valence-electron chi connectivity index (χ0n) is 10.2. The van der Waals surface area contributed by atoms with Crippen molar-refractivity contribution in [1.29, 1.82) is 0 Å². The average molecular weight is 309 g/mol. The van der Waals surface area contributed by atoms with Gasteiger partial charge >= 0.3 is 0 Å². The Hall–Kier alpha value is -1.82. The lowest BCUT2D eigenvalue weighted by Crippen LogP contribution is -2.16. The van der Waals surface area contributed by atoms with Gasteiger partial charge in [0, 0.05) is 29.3 Å². The van der Waals surface area contributed by atoms with Gasteiger partial charge in [0.05, 0.1) is 16.4 Å². The third-order valence-electron chi connectivity index (χ3n) is 2.93. The summed E-state index contributed by atoms with van der Waals surface area (Å²) in [6.45, 7) is 0.216. The number of halogens is 2. The number of H-pyrrole nitrogens is 1. The molecule has 0 unspecified atom stereocenters. The first kappa shape index (κ1) is 13.2. The number of nitrogens with two attached hydrogens (primary N) is 1. The third-order valence-corrected chi connectivity index (χ3v) is 3.48. The minimum absolute atomic E-state index is 0.216. The summed E-state index contributed by atoms with van der Waals surface area (Å²) in [5, 5.41) is 4.01. The molecule has 3 N–H and O–H groups in total. The van der Waals surface area contributed by atoms with Crippen molar-refractivity contribution < 1.29 is 0 Å². The van der Waals surface area contributed by atoms with E-state index in [0.29, 0.717) is 27.1 Å². The van der Waals surface area contributed by atoms with Crippen molar-refractivity contribution in [2.75, 3.05) is 0 Å². The molecule has 2 heterocycles. The second kappa shape index (κ2) is 4.94. The summed E-state index contributed by atoms with van der Waals surface area (Å²) in [5.41, 5.74) is 7.77. The van der Waals surface area contributed by atoms with Crippen molar-refractivity contribution in [3.63, 3.8) is 0 Å². The minimum Gasteiger partial charge on any atom is -0.325 e. The van der Waals surface area contributed by atoms with Gasteiger partial charge in [-0.3, -0.25) is 9.89 Å².